The Bertz CT molecular complexity index is 309. The van der Waals surface area contributed by atoms with Crippen molar-refractivity contribution in [3.63, 3.8) is 0 Å². The van der Waals surface area contributed by atoms with Crippen molar-refractivity contribution in [2.75, 3.05) is 19.6 Å². The maximum Gasteiger partial charge on any atom is 0.317 e. The Morgan fingerprint density at radius 2 is 1.88 bits per heavy atom. The third kappa shape index (κ3) is 4.42. The smallest absolute Gasteiger partial charge is 0.317 e. The lowest BCUT2D eigenvalue weighted by Crippen LogP contribution is -2.45. The lowest BCUT2D eigenvalue weighted by Gasteiger charge is -2.30. The van der Waals surface area contributed by atoms with Crippen LogP contribution in [0.5, 0.6) is 0 Å². The number of piperidine rings is 1. The van der Waals surface area contributed by atoms with E-state index < -0.39 is 5.97 Å². The summed E-state index contributed by atoms with van der Waals surface area (Å²) < 4.78 is 0. The van der Waals surface area contributed by atoms with Gasteiger partial charge in [-0.2, -0.15) is 0 Å². The van der Waals surface area contributed by atoms with Crippen LogP contribution in [0.2, 0.25) is 0 Å². The second kappa shape index (κ2) is 6.22. The maximum absolute atomic E-state index is 11.6. The van der Waals surface area contributed by atoms with Crippen LogP contribution >= 0.6 is 0 Å². The van der Waals surface area contributed by atoms with E-state index in [1.165, 1.54) is 6.92 Å². The van der Waals surface area contributed by atoms with Gasteiger partial charge in [-0.25, -0.2) is 4.79 Å². The van der Waals surface area contributed by atoms with Crippen LogP contribution in [0.3, 0.4) is 0 Å². The molecule has 0 saturated carbocycles. The molecule has 0 atom stereocenters. The number of hydrogen-bond acceptors (Lipinski definition) is 3. The second-order valence-corrected chi connectivity index (χ2v) is 4.28. The molecule has 1 rings (SSSR count). The predicted molar refractivity (Wildman–Crippen MR) is 60.6 cm³/mol. The zero-order valence-electron chi connectivity index (χ0n) is 9.94. The number of carboxylic acid groups (broad SMARTS) is 1. The van der Waals surface area contributed by atoms with Gasteiger partial charge < -0.3 is 15.3 Å². The first-order valence-electron chi connectivity index (χ1n) is 5.75. The van der Waals surface area contributed by atoms with Crippen molar-refractivity contribution in [1.29, 1.82) is 0 Å². The van der Waals surface area contributed by atoms with Gasteiger partial charge in [0.15, 0.2) is 0 Å². The van der Waals surface area contributed by atoms with E-state index in [4.69, 9.17) is 5.11 Å². The minimum atomic E-state index is -0.790. The van der Waals surface area contributed by atoms with Crippen LogP contribution in [-0.4, -0.2) is 47.4 Å². The molecule has 0 spiro atoms. The first kappa shape index (κ1) is 13.5. The molecule has 0 aromatic carbocycles. The molecule has 0 aliphatic carbocycles. The number of carboxylic acids is 1. The molecule has 1 aliphatic rings. The molecule has 6 heteroatoms. The molecule has 2 amide bonds. The molecule has 1 heterocycles. The average Bonchev–Trinajstić information content (AvgIpc) is 2.28. The summed E-state index contributed by atoms with van der Waals surface area (Å²) in [6.45, 7) is 2.74. The molecular formula is C11H18N2O4. The Hall–Kier alpha value is -1.59. The van der Waals surface area contributed by atoms with Crippen molar-refractivity contribution in [2.45, 2.75) is 26.2 Å². The van der Waals surface area contributed by atoms with Crippen LogP contribution in [0.25, 0.3) is 0 Å². The summed E-state index contributed by atoms with van der Waals surface area (Å²) >= 11 is 0. The highest BCUT2D eigenvalue weighted by Crippen LogP contribution is 2.16. The van der Waals surface area contributed by atoms with Gasteiger partial charge in [0.2, 0.25) is 0 Å². The number of carbonyl (C=O) groups is 3. The number of aliphatic carboxylic acids is 1. The number of nitrogens with zero attached hydrogens (tertiary/aromatic N) is 1. The molecule has 0 radical (unpaired) electrons. The summed E-state index contributed by atoms with van der Waals surface area (Å²) in [5.41, 5.74) is 0. The van der Waals surface area contributed by atoms with Crippen molar-refractivity contribution in [2.24, 2.45) is 5.92 Å². The first-order valence-corrected chi connectivity index (χ1v) is 5.75. The lowest BCUT2D eigenvalue weighted by molar-refractivity contribution is -0.143. The molecule has 2 N–H and O–H groups in total. The van der Waals surface area contributed by atoms with E-state index in [9.17, 15) is 14.4 Å². The van der Waals surface area contributed by atoms with E-state index in [2.05, 4.69) is 5.32 Å². The maximum atomic E-state index is 11.6. The monoisotopic (exact) mass is 242 g/mol. The van der Waals surface area contributed by atoms with E-state index >= 15 is 0 Å². The summed E-state index contributed by atoms with van der Waals surface area (Å²) in [6.07, 6.45) is 1.32. The van der Waals surface area contributed by atoms with E-state index in [-0.39, 0.29) is 17.7 Å². The molecule has 1 fully saturated rings. The van der Waals surface area contributed by atoms with Crippen LogP contribution in [0, 0.1) is 5.92 Å². The van der Waals surface area contributed by atoms with Crippen LogP contribution in [0.4, 0.5) is 4.79 Å². The summed E-state index contributed by atoms with van der Waals surface area (Å²) in [6, 6.07) is -0.213. The van der Waals surface area contributed by atoms with Crippen LogP contribution in [0.1, 0.15) is 26.2 Å². The highest BCUT2D eigenvalue weighted by molar-refractivity contribution is 5.78. The van der Waals surface area contributed by atoms with E-state index in [0.29, 0.717) is 38.9 Å². The Morgan fingerprint density at radius 3 is 2.35 bits per heavy atom. The van der Waals surface area contributed by atoms with Gasteiger partial charge in [-0.3, -0.25) is 9.59 Å². The van der Waals surface area contributed by atoms with Crippen LogP contribution < -0.4 is 5.32 Å². The van der Waals surface area contributed by atoms with E-state index in [1.807, 2.05) is 0 Å². The molecule has 0 unspecified atom stereocenters. The zero-order chi connectivity index (χ0) is 12.8. The Kier molecular flexibility index (Phi) is 4.93. The van der Waals surface area contributed by atoms with Crippen molar-refractivity contribution in [3.8, 4) is 0 Å². The van der Waals surface area contributed by atoms with E-state index in [1.54, 1.807) is 4.90 Å². The second-order valence-electron chi connectivity index (χ2n) is 4.28. The largest absolute Gasteiger partial charge is 0.481 e. The fraction of sp³-hybridized carbons (Fsp3) is 0.727. The van der Waals surface area contributed by atoms with Crippen molar-refractivity contribution >= 4 is 17.8 Å². The average molecular weight is 242 g/mol. The zero-order valence-corrected chi connectivity index (χ0v) is 9.94. The van der Waals surface area contributed by atoms with Gasteiger partial charge >= 0.3 is 12.0 Å². The molecule has 1 saturated heterocycles. The number of ketones is 1. The predicted octanol–water partition coefficient (Wildman–Crippen LogP) is 0.472. The summed E-state index contributed by atoms with van der Waals surface area (Å²) in [5.74, 6) is -1.09. The molecule has 96 valence electrons. The van der Waals surface area contributed by atoms with Gasteiger partial charge in [-0.05, 0) is 19.8 Å². The highest BCUT2D eigenvalue weighted by atomic mass is 16.4. The number of Topliss-reactive ketones (excluding diaryl/α,β-unsaturated/α-hetero) is 1. The quantitative estimate of drug-likeness (QED) is 0.750. The molecule has 0 bridgehead atoms. The standard InChI is InChI=1S/C11H18N2O4/c1-8(14)2-5-12-11(17)13-6-3-9(4-7-13)10(15)16/h9H,2-7H2,1H3,(H,12,17)(H,15,16). The molecule has 6 nitrogen and oxygen atoms in total. The van der Waals surface area contributed by atoms with Crippen LogP contribution in [-0.2, 0) is 9.59 Å². The van der Waals surface area contributed by atoms with E-state index in [0.717, 1.165) is 0 Å². The van der Waals surface area contributed by atoms with Gasteiger partial charge in [0, 0.05) is 26.1 Å². The SMILES string of the molecule is CC(=O)CCNC(=O)N1CCC(C(=O)O)CC1. The number of amides is 2. The van der Waals surface area contributed by atoms with Gasteiger partial charge in [0.1, 0.15) is 5.78 Å². The Labute approximate surface area is 100.0 Å². The normalized spacial score (nSPS) is 16.6. The van der Waals surface area contributed by atoms with Gasteiger partial charge in [-0.15, -0.1) is 0 Å². The first-order chi connectivity index (χ1) is 8.00. The summed E-state index contributed by atoms with van der Waals surface area (Å²) in [7, 11) is 0. The molecule has 1 aliphatic heterocycles. The summed E-state index contributed by atoms with van der Waals surface area (Å²) in [4.78, 5) is 34.6. The topological polar surface area (TPSA) is 86.7 Å². The minimum absolute atomic E-state index is 0.0369. The lowest BCUT2D eigenvalue weighted by atomic mass is 9.97. The molecule has 0 aromatic heterocycles. The Balaban J connectivity index is 2.26. The number of hydrogen-bond donors (Lipinski definition) is 2. The van der Waals surface area contributed by atoms with Crippen LogP contribution in [0.15, 0.2) is 0 Å². The number of carbonyl (C=O) groups excluding carboxylic acids is 2. The van der Waals surface area contributed by atoms with Crippen molar-refractivity contribution in [3.05, 3.63) is 0 Å². The molecule has 17 heavy (non-hydrogen) atoms. The van der Waals surface area contributed by atoms with Gasteiger partial charge in [-0.1, -0.05) is 0 Å². The number of rotatable bonds is 4. The third-order valence-corrected chi connectivity index (χ3v) is 2.88. The van der Waals surface area contributed by atoms with Gasteiger partial charge in [0.25, 0.3) is 0 Å². The third-order valence-electron chi connectivity index (χ3n) is 2.88. The molecular weight excluding hydrogens is 224 g/mol. The van der Waals surface area contributed by atoms with Crippen molar-refractivity contribution < 1.29 is 19.5 Å². The number of likely N-dealkylation sites (tertiary alicyclic amines) is 1. The minimum Gasteiger partial charge on any atom is -0.481 e. The van der Waals surface area contributed by atoms with Gasteiger partial charge in [0.05, 0.1) is 5.92 Å². The molecule has 0 aromatic rings. The highest BCUT2D eigenvalue weighted by Gasteiger charge is 2.26. The van der Waals surface area contributed by atoms with Crippen molar-refractivity contribution in [1.82, 2.24) is 10.2 Å². The Morgan fingerprint density at radius 1 is 1.29 bits per heavy atom. The number of urea groups is 1. The summed E-state index contributed by atoms with van der Waals surface area (Å²) in [5, 5.41) is 11.5. The fourth-order valence-electron chi connectivity index (χ4n) is 1.79. The number of nitrogens with one attached hydrogen (secondary N) is 1. The fourth-order valence-corrected chi connectivity index (χ4v) is 1.79.